The number of ether oxygens (including phenoxy) is 4. The molecule has 0 bridgehead atoms. The first-order valence-electron chi connectivity index (χ1n) is 9.48. The molecule has 0 aromatic heterocycles. The number of carbonyl (C=O) groups excluding carboxylic acids is 1. The van der Waals surface area contributed by atoms with E-state index in [-0.39, 0.29) is 12.5 Å². The minimum atomic E-state index is 0.00744. The van der Waals surface area contributed by atoms with Crippen LogP contribution in [0.4, 0.5) is 0 Å². The molecule has 1 amide bonds. The molecule has 148 valence electrons. The zero-order valence-electron chi connectivity index (χ0n) is 16.0. The molecular weight excluding hydrogens is 360 g/mol. The summed E-state index contributed by atoms with van der Waals surface area (Å²) < 4.78 is 21.7. The third-order valence-electron chi connectivity index (χ3n) is 5.13. The molecule has 0 radical (unpaired) electrons. The van der Waals surface area contributed by atoms with Gasteiger partial charge in [-0.2, -0.15) is 0 Å². The molecule has 0 saturated carbocycles. The quantitative estimate of drug-likeness (QED) is 0.795. The first-order chi connectivity index (χ1) is 13.7. The fourth-order valence-corrected chi connectivity index (χ4v) is 3.56. The molecule has 7 heteroatoms. The maximum atomic E-state index is 12.5. The summed E-state index contributed by atoms with van der Waals surface area (Å²) in [6.45, 7) is 4.52. The van der Waals surface area contributed by atoms with Crippen molar-refractivity contribution in [3.63, 3.8) is 0 Å². The third-order valence-corrected chi connectivity index (χ3v) is 5.13. The summed E-state index contributed by atoms with van der Waals surface area (Å²) in [5.41, 5.74) is 1.22. The van der Waals surface area contributed by atoms with Crippen molar-refractivity contribution >= 4 is 5.91 Å². The van der Waals surface area contributed by atoms with E-state index in [1.807, 2.05) is 35.2 Å². The van der Waals surface area contributed by atoms with Crippen molar-refractivity contribution in [2.24, 2.45) is 0 Å². The van der Waals surface area contributed by atoms with Gasteiger partial charge in [-0.3, -0.25) is 4.79 Å². The minimum Gasteiger partial charge on any atom is -0.493 e. The van der Waals surface area contributed by atoms with Crippen LogP contribution < -0.4 is 23.8 Å². The van der Waals surface area contributed by atoms with Gasteiger partial charge in [-0.25, -0.2) is 0 Å². The number of methoxy groups -OCH3 is 1. The number of nitrogens with zero attached hydrogens (tertiary/aromatic N) is 1. The molecule has 2 aromatic carbocycles. The van der Waals surface area contributed by atoms with E-state index in [4.69, 9.17) is 18.9 Å². The molecule has 0 atom stereocenters. The number of hydrogen-bond acceptors (Lipinski definition) is 5. The van der Waals surface area contributed by atoms with Crippen LogP contribution in [-0.4, -0.2) is 57.5 Å². The summed E-state index contributed by atoms with van der Waals surface area (Å²) in [5.74, 6) is 2.86. The highest BCUT2D eigenvalue weighted by Gasteiger charge is 2.25. The Kier molecular flexibility index (Phi) is 5.53. The van der Waals surface area contributed by atoms with Crippen LogP contribution in [0.2, 0.25) is 0 Å². The first kappa shape index (κ1) is 18.4. The summed E-state index contributed by atoms with van der Waals surface area (Å²) >= 11 is 0. The molecule has 4 rings (SSSR count). The van der Waals surface area contributed by atoms with Crippen molar-refractivity contribution in [2.75, 3.05) is 46.7 Å². The molecular formula is C21H25N2O5+. The van der Waals surface area contributed by atoms with E-state index in [2.05, 4.69) is 6.07 Å². The predicted molar refractivity (Wildman–Crippen MR) is 102 cm³/mol. The van der Waals surface area contributed by atoms with Crippen molar-refractivity contribution in [1.82, 2.24) is 4.90 Å². The van der Waals surface area contributed by atoms with Gasteiger partial charge in [0.2, 0.25) is 6.79 Å². The van der Waals surface area contributed by atoms with Crippen LogP contribution in [0.5, 0.6) is 23.0 Å². The maximum absolute atomic E-state index is 12.5. The molecule has 7 nitrogen and oxygen atoms in total. The molecule has 1 saturated heterocycles. The fourth-order valence-electron chi connectivity index (χ4n) is 3.56. The number of hydrogen-bond donors (Lipinski definition) is 1. The number of fused-ring (bicyclic) bond motifs is 1. The normalized spacial score (nSPS) is 16.1. The Labute approximate surface area is 164 Å². The van der Waals surface area contributed by atoms with Crippen LogP contribution in [0.25, 0.3) is 0 Å². The van der Waals surface area contributed by atoms with E-state index >= 15 is 0 Å². The lowest BCUT2D eigenvalue weighted by Crippen LogP contribution is -3.13. The van der Waals surface area contributed by atoms with E-state index in [0.29, 0.717) is 18.3 Å². The van der Waals surface area contributed by atoms with Crippen molar-refractivity contribution in [3.8, 4) is 23.0 Å². The number of benzene rings is 2. The summed E-state index contributed by atoms with van der Waals surface area (Å²) in [5, 5.41) is 0. The van der Waals surface area contributed by atoms with Crippen LogP contribution in [0.1, 0.15) is 5.56 Å². The highest BCUT2D eigenvalue weighted by atomic mass is 16.7. The smallest absolute Gasteiger partial charge is 0.260 e. The predicted octanol–water partition coefficient (Wildman–Crippen LogP) is 0.730. The molecule has 1 N–H and O–H groups in total. The molecule has 0 spiro atoms. The zero-order valence-corrected chi connectivity index (χ0v) is 16.0. The van der Waals surface area contributed by atoms with Gasteiger partial charge in [-0.05, 0) is 30.3 Å². The third kappa shape index (κ3) is 4.14. The van der Waals surface area contributed by atoms with E-state index in [0.717, 1.165) is 44.2 Å². The Morgan fingerprint density at radius 1 is 1.07 bits per heavy atom. The Morgan fingerprint density at radius 3 is 2.61 bits per heavy atom. The Balaban J connectivity index is 1.25. The van der Waals surface area contributed by atoms with Crippen molar-refractivity contribution in [2.45, 2.75) is 6.54 Å². The molecule has 2 aromatic rings. The second kappa shape index (κ2) is 8.39. The molecule has 2 heterocycles. The van der Waals surface area contributed by atoms with Crippen LogP contribution in [0.15, 0.2) is 42.5 Å². The molecule has 2 aliphatic heterocycles. The van der Waals surface area contributed by atoms with Gasteiger partial charge in [-0.15, -0.1) is 0 Å². The average molecular weight is 385 g/mol. The van der Waals surface area contributed by atoms with E-state index in [9.17, 15) is 4.79 Å². The number of piperazine rings is 1. The topological polar surface area (TPSA) is 61.7 Å². The lowest BCUT2D eigenvalue weighted by molar-refractivity contribution is -0.917. The molecule has 28 heavy (non-hydrogen) atoms. The second-order valence-corrected chi connectivity index (χ2v) is 6.93. The summed E-state index contributed by atoms with van der Waals surface area (Å²) in [4.78, 5) is 15.8. The maximum Gasteiger partial charge on any atom is 0.260 e. The van der Waals surface area contributed by atoms with Gasteiger partial charge in [0.05, 0.1) is 33.3 Å². The number of rotatable bonds is 6. The minimum absolute atomic E-state index is 0.00744. The molecule has 0 aliphatic carbocycles. The lowest BCUT2D eigenvalue weighted by Gasteiger charge is -2.32. The van der Waals surface area contributed by atoms with Gasteiger partial charge in [0.1, 0.15) is 6.54 Å². The Bertz CT molecular complexity index is 833. The average Bonchev–Trinajstić information content (AvgIpc) is 3.20. The first-order valence-corrected chi connectivity index (χ1v) is 9.48. The summed E-state index contributed by atoms with van der Waals surface area (Å²) in [7, 11) is 1.59. The van der Waals surface area contributed by atoms with Gasteiger partial charge in [0, 0.05) is 5.56 Å². The number of amides is 1. The van der Waals surface area contributed by atoms with Crippen LogP contribution in [0, 0.1) is 0 Å². The Morgan fingerprint density at radius 2 is 1.82 bits per heavy atom. The van der Waals surface area contributed by atoms with Crippen molar-refractivity contribution < 1.29 is 28.6 Å². The second-order valence-electron chi connectivity index (χ2n) is 6.93. The van der Waals surface area contributed by atoms with E-state index < -0.39 is 0 Å². The van der Waals surface area contributed by atoms with E-state index in [1.54, 1.807) is 13.2 Å². The van der Waals surface area contributed by atoms with Crippen LogP contribution in [-0.2, 0) is 11.3 Å². The largest absolute Gasteiger partial charge is 0.493 e. The highest BCUT2D eigenvalue weighted by molar-refractivity contribution is 5.78. The van der Waals surface area contributed by atoms with Gasteiger partial charge in [0.15, 0.2) is 29.6 Å². The molecule has 1 fully saturated rings. The Hall–Kier alpha value is -2.93. The zero-order chi connectivity index (χ0) is 19.3. The van der Waals surface area contributed by atoms with Gasteiger partial charge >= 0.3 is 0 Å². The van der Waals surface area contributed by atoms with Gasteiger partial charge in [0.25, 0.3) is 5.91 Å². The molecule has 0 unspecified atom stereocenters. The summed E-state index contributed by atoms with van der Waals surface area (Å²) in [6.07, 6.45) is 0. The number of para-hydroxylation sites is 2. The van der Waals surface area contributed by atoms with Crippen LogP contribution in [0.3, 0.4) is 0 Å². The van der Waals surface area contributed by atoms with Crippen LogP contribution >= 0.6 is 0 Å². The van der Waals surface area contributed by atoms with Crippen molar-refractivity contribution in [3.05, 3.63) is 48.0 Å². The number of nitrogens with one attached hydrogen (secondary N) is 1. The van der Waals surface area contributed by atoms with E-state index in [1.165, 1.54) is 10.5 Å². The number of quaternary nitrogens is 1. The fraction of sp³-hybridized carbons (Fsp3) is 0.381. The standard InChI is InChI=1S/C21H24N2O5/c1-25-17-4-2-3-5-18(17)26-14-21(24)23-10-8-22(9-11-23)13-16-6-7-19-20(12-16)28-15-27-19/h2-7,12H,8-11,13-15H2,1H3/p+1. The van der Waals surface area contributed by atoms with Gasteiger partial charge in [-0.1, -0.05) is 12.1 Å². The van der Waals surface area contributed by atoms with Gasteiger partial charge < -0.3 is 28.7 Å². The highest BCUT2D eigenvalue weighted by Crippen LogP contribution is 2.32. The molecule has 2 aliphatic rings. The summed E-state index contributed by atoms with van der Waals surface area (Å²) in [6, 6.07) is 13.5. The monoisotopic (exact) mass is 385 g/mol. The number of carbonyl (C=O) groups is 1. The lowest BCUT2D eigenvalue weighted by atomic mass is 10.1. The SMILES string of the molecule is COc1ccccc1OCC(=O)N1CC[NH+](Cc2ccc3c(c2)OCO3)CC1. The van der Waals surface area contributed by atoms with Crippen molar-refractivity contribution in [1.29, 1.82) is 0 Å².